The van der Waals surface area contributed by atoms with Crippen molar-refractivity contribution in [3.05, 3.63) is 51.8 Å². The molecule has 0 radical (unpaired) electrons. The van der Waals surface area contributed by atoms with Crippen molar-refractivity contribution < 1.29 is 33.1 Å². The predicted molar refractivity (Wildman–Crippen MR) is 84.8 cm³/mol. The summed E-state index contributed by atoms with van der Waals surface area (Å²) >= 11 is 0. The number of esters is 1. The van der Waals surface area contributed by atoms with Crippen LogP contribution in [0.3, 0.4) is 0 Å². The first-order chi connectivity index (χ1) is 12.4. The number of carbonyl (C=O) groups is 2. The van der Waals surface area contributed by atoms with Crippen LogP contribution in [0.1, 0.15) is 29.1 Å². The number of fused-ring (bicyclic) bond motifs is 1. The minimum atomic E-state index is -0.969. The minimum Gasteiger partial charge on any atom is -0.454 e. The van der Waals surface area contributed by atoms with Crippen LogP contribution in [-0.2, 0) is 9.53 Å². The highest BCUT2D eigenvalue weighted by atomic mass is 16.7. The number of hydrogen-bond acceptors (Lipinski definition) is 8. The molecule has 26 heavy (non-hydrogen) atoms. The van der Waals surface area contributed by atoms with Crippen LogP contribution in [0.15, 0.2) is 34.7 Å². The van der Waals surface area contributed by atoms with Gasteiger partial charge >= 0.3 is 11.9 Å². The van der Waals surface area contributed by atoms with Crippen LogP contribution in [0, 0.1) is 10.1 Å². The summed E-state index contributed by atoms with van der Waals surface area (Å²) in [5.74, 6) is -1.22. The zero-order valence-corrected chi connectivity index (χ0v) is 13.6. The van der Waals surface area contributed by atoms with E-state index in [1.54, 1.807) is 25.1 Å². The summed E-state index contributed by atoms with van der Waals surface area (Å²) in [6.07, 6.45) is 0. The van der Waals surface area contributed by atoms with Gasteiger partial charge in [0.25, 0.3) is 5.91 Å². The first kappa shape index (κ1) is 17.3. The maximum absolute atomic E-state index is 11.9. The Labute approximate surface area is 146 Å². The van der Waals surface area contributed by atoms with Gasteiger partial charge in [-0.1, -0.05) is 6.07 Å². The van der Waals surface area contributed by atoms with Crippen LogP contribution in [0.2, 0.25) is 0 Å². The molecule has 1 amide bonds. The van der Waals surface area contributed by atoms with Crippen molar-refractivity contribution >= 4 is 17.8 Å². The normalized spacial score (nSPS) is 13.1. The van der Waals surface area contributed by atoms with E-state index >= 15 is 0 Å². The lowest BCUT2D eigenvalue weighted by molar-refractivity contribution is -0.402. The Morgan fingerprint density at radius 2 is 2.04 bits per heavy atom. The first-order valence-corrected chi connectivity index (χ1v) is 7.54. The van der Waals surface area contributed by atoms with E-state index in [1.165, 1.54) is 0 Å². The summed E-state index contributed by atoms with van der Waals surface area (Å²) in [5.41, 5.74) is 0.788. The quantitative estimate of drug-likeness (QED) is 0.469. The molecule has 10 heteroatoms. The van der Waals surface area contributed by atoms with Crippen LogP contribution >= 0.6 is 0 Å². The van der Waals surface area contributed by atoms with Gasteiger partial charge in [-0.25, -0.2) is 4.79 Å². The van der Waals surface area contributed by atoms with Crippen LogP contribution in [-0.4, -0.2) is 30.2 Å². The van der Waals surface area contributed by atoms with E-state index in [9.17, 15) is 19.7 Å². The summed E-state index contributed by atoms with van der Waals surface area (Å²) in [5, 5.41) is 13.2. The number of carbonyl (C=O) groups excluding carboxylic acids is 2. The Balaban J connectivity index is 1.51. The lowest BCUT2D eigenvalue weighted by atomic mass is 10.1. The summed E-state index contributed by atoms with van der Waals surface area (Å²) in [4.78, 5) is 33.4. The lowest BCUT2D eigenvalue weighted by Crippen LogP contribution is -2.31. The molecule has 1 atom stereocenters. The molecule has 1 N–H and O–H groups in total. The highest BCUT2D eigenvalue weighted by Crippen LogP contribution is 2.34. The maximum Gasteiger partial charge on any atom is 0.433 e. The van der Waals surface area contributed by atoms with Crippen molar-refractivity contribution in [2.24, 2.45) is 0 Å². The third-order valence-electron chi connectivity index (χ3n) is 3.58. The highest BCUT2D eigenvalue weighted by Gasteiger charge is 2.20. The van der Waals surface area contributed by atoms with Crippen molar-refractivity contribution in [3.8, 4) is 11.5 Å². The zero-order valence-electron chi connectivity index (χ0n) is 13.6. The molecule has 1 aromatic heterocycles. The fourth-order valence-corrected chi connectivity index (χ4v) is 2.29. The van der Waals surface area contributed by atoms with Crippen LogP contribution in [0.5, 0.6) is 11.5 Å². The third-order valence-corrected chi connectivity index (χ3v) is 3.58. The molecule has 0 unspecified atom stereocenters. The number of amides is 1. The molecule has 2 aromatic rings. The van der Waals surface area contributed by atoms with E-state index in [0.717, 1.165) is 17.7 Å². The van der Waals surface area contributed by atoms with Crippen LogP contribution in [0.25, 0.3) is 0 Å². The molecule has 10 nitrogen and oxygen atoms in total. The summed E-state index contributed by atoms with van der Waals surface area (Å²) in [6.45, 7) is 1.36. The van der Waals surface area contributed by atoms with Crippen molar-refractivity contribution in [1.29, 1.82) is 0 Å². The SMILES string of the molecule is C[C@H](NC(=O)COC(=O)c1ccc([N+](=O)[O-])o1)c1ccc2c(c1)OCO2. The Hall–Kier alpha value is -3.56. The Kier molecular flexibility index (Phi) is 4.74. The van der Waals surface area contributed by atoms with Crippen LogP contribution < -0.4 is 14.8 Å². The fourth-order valence-electron chi connectivity index (χ4n) is 2.29. The van der Waals surface area contributed by atoms with E-state index < -0.39 is 29.3 Å². The topological polar surface area (TPSA) is 130 Å². The Morgan fingerprint density at radius 3 is 2.77 bits per heavy atom. The van der Waals surface area contributed by atoms with Crippen molar-refractivity contribution in [2.75, 3.05) is 13.4 Å². The molecule has 3 rings (SSSR count). The summed E-state index contributed by atoms with van der Waals surface area (Å²) < 4.78 is 20.0. The second kappa shape index (κ2) is 7.13. The minimum absolute atomic E-state index is 0.153. The predicted octanol–water partition coefficient (Wildman–Crippen LogP) is 1.95. The van der Waals surface area contributed by atoms with Gasteiger partial charge in [0, 0.05) is 0 Å². The lowest BCUT2D eigenvalue weighted by Gasteiger charge is -2.14. The molecule has 1 aromatic carbocycles. The summed E-state index contributed by atoms with van der Waals surface area (Å²) in [7, 11) is 0. The number of rotatable bonds is 6. The van der Waals surface area contributed by atoms with Crippen molar-refractivity contribution in [3.63, 3.8) is 0 Å². The molecular formula is C16H14N2O8. The van der Waals surface area contributed by atoms with Gasteiger partial charge in [-0.05, 0) is 30.7 Å². The third kappa shape index (κ3) is 3.74. The number of hydrogen-bond donors (Lipinski definition) is 1. The van der Waals surface area contributed by atoms with Crippen molar-refractivity contribution in [1.82, 2.24) is 5.32 Å². The van der Waals surface area contributed by atoms with E-state index in [4.69, 9.17) is 18.6 Å². The molecule has 1 aliphatic heterocycles. The van der Waals surface area contributed by atoms with Gasteiger partial charge in [-0.15, -0.1) is 0 Å². The number of furan rings is 1. The number of nitrogens with zero attached hydrogens (tertiary/aromatic N) is 1. The number of nitrogens with one attached hydrogen (secondary N) is 1. The van der Waals surface area contributed by atoms with Gasteiger partial charge in [-0.3, -0.25) is 14.9 Å². The second-order valence-corrected chi connectivity index (χ2v) is 5.37. The molecule has 0 bridgehead atoms. The Bertz CT molecular complexity index is 860. The average Bonchev–Trinajstić information content (AvgIpc) is 3.28. The molecule has 1 aliphatic rings. The number of benzene rings is 1. The molecule has 0 spiro atoms. The number of ether oxygens (including phenoxy) is 3. The molecular weight excluding hydrogens is 348 g/mol. The van der Waals surface area contributed by atoms with E-state index in [1.807, 2.05) is 0 Å². The Morgan fingerprint density at radius 1 is 1.27 bits per heavy atom. The van der Waals surface area contributed by atoms with Gasteiger partial charge in [0.15, 0.2) is 18.1 Å². The molecule has 0 saturated heterocycles. The van der Waals surface area contributed by atoms with E-state index in [-0.39, 0.29) is 18.6 Å². The largest absolute Gasteiger partial charge is 0.454 e. The van der Waals surface area contributed by atoms with E-state index in [0.29, 0.717) is 11.5 Å². The van der Waals surface area contributed by atoms with Gasteiger partial charge < -0.3 is 23.9 Å². The van der Waals surface area contributed by atoms with Gasteiger partial charge in [0.05, 0.1) is 12.1 Å². The standard InChI is InChI=1S/C16H14N2O8/c1-9(10-2-3-11-13(6-10)25-8-24-11)17-14(19)7-23-16(20)12-4-5-15(26-12)18(21)22/h2-6,9H,7-8H2,1H3,(H,17,19)/t9-/m0/s1. The average molecular weight is 362 g/mol. The number of nitro groups is 1. The molecule has 0 aliphatic carbocycles. The van der Waals surface area contributed by atoms with Crippen molar-refractivity contribution in [2.45, 2.75) is 13.0 Å². The smallest absolute Gasteiger partial charge is 0.433 e. The first-order valence-electron chi connectivity index (χ1n) is 7.54. The molecule has 2 heterocycles. The highest BCUT2D eigenvalue weighted by molar-refractivity contribution is 5.89. The fraction of sp³-hybridized carbons (Fsp3) is 0.250. The van der Waals surface area contributed by atoms with E-state index in [2.05, 4.69) is 5.32 Å². The van der Waals surface area contributed by atoms with Crippen LogP contribution in [0.4, 0.5) is 5.88 Å². The zero-order chi connectivity index (χ0) is 18.7. The van der Waals surface area contributed by atoms with Gasteiger partial charge in [-0.2, -0.15) is 0 Å². The molecule has 0 fully saturated rings. The van der Waals surface area contributed by atoms with Gasteiger partial charge in [0.2, 0.25) is 12.6 Å². The maximum atomic E-state index is 11.9. The molecule has 0 saturated carbocycles. The summed E-state index contributed by atoms with van der Waals surface area (Å²) in [6, 6.07) is 7.05. The second-order valence-electron chi connectivity index (χ2n) is 5.37. The molecule has 136 valence electrons. The monoisotopic (exact) mass is 362 g/mol. The van der Waals surface area contributed by atoms with Gasteiger partial charge in [0.1, 0.15) is 4.92 Å².